The first-order valence-electron chi connectivity index (χ1n) is 9.21. The van der Waals surface area contributed by atoms with E-state index < -0.39 is 31.1 Å². The maximum Gasteiger partial charge on any atom is 0.406 e. The van der Waals surface area contributed by atoms with Crippen LogP contribution in [0.4, 0.5) is 13.2 Å². The molecule has 0 saturated heterocycles. The molecule has 0 radical (unpaired) electrons. The minimum Gasteiger partial charge on any atom is -0.453 e. The Labute approximate surface area is 165 Å². The fraction of sp³-hybridized carbons (Fsp3) is 0.500. The summed E-state index contributed by atoms with van der Waals surface area (Å²) in [6.07, 6.45) is 0.917. The fourth-order valence-electron chi connectivity index (χ4n) is 3.55. The quantitative estimate of drug-likeness (QED) is 0.392. The number of Topliss-reactive ketones (excluding diaryl/α,β-unsaturated/α-hetero) is 1. The molecule has 0 spiro atoms. The number of ketones is 1. The van der Waals surface area contributed by atoms with Gasteiger partial charge >= 0.3 is 12.1 Å². The minimum atomic E-state index is -4.38. The van der Waals surface area contributed by atoms with Crippen LogP contribution in [0.1, 0.15) is 61.1 Å². The highest BCUT2D eigenvalue weighted by Crippen LogP contribution is 2.29. The van der Waals surface area contributed by atoms with E-state index in [1.54, 1.807) is 0 Å². The number of ether oxygens (including phenoxy) is 1. The second-order valence-electron chi connectivity index (χ2n) is 7.11. The Bertz CT molecular complexity index is 872. The Kier molecular flexibility index (Phi) is 5.98. The molecule has 8 heteroatoms. The lowest BCUT2D eigenvalue weighted by atomic mass is 10.1. The summed E-state index contributed by atoms with van der Waals surface area (Å²) < 4.78 is 44.3. The van der Waals surface area contributed by atoms with Crippen LogP contribution in [-0.4, -0.2) is 29.1 Å². The highest BCUT2D eigenvalue weighted by molar-refractivity contribution is 7.14. The topological polar surface area (TPSA) is 48.3 Å². The predicted molar refractivity (Wildman–Crippen MR) is 100 cm³/mol. The lowest BCUT2D eigenvalue weighted by Gasteiger charge is -2.12. The zero-order valence-electron chi connectivity index (χ0n) is 15.8. The first kappa shape index (κ1) is 20.6. The van der Waals surface area contributed by atoms with Gasteiger partial charge in [0.05, 0.1) is 0 Å². The number of hydrogen-bond acceptors (Lipinski definition) is 4. The van der Waals surface area contributed by atoms with Crippen LogP contribution in [0.3, 0.4) is 0 Å². The lowest BCUT2D eigenvalue weighted by molar-refractivity contribution is -0.141. The van der Waals surface area contributed by atoms with E-state index >= 15 is 0 Å². The number of fused-ring (bicyclic) bond motifs is 1. The van der Waals surface area contributed by atoms with E-state index in [1.807, 2.05) is 6.07 Å². The van der Waals surface area contributed by atoms with Crippen molar-refractivity contribution in [2.75, 3.05) is 6.61 Å². The van der Waals surface area contributed by atoms with Gasteiger partial charge in [-0.2, -0.15) is 13.2 Å². The summed E-state index contributed by atoms with van der Waals surface area (Å²) in [5.41, 5.74) is 1.89. The standard InChI is InChI=1S/C20H22F3NO3S/c1-12-8-15(13(2)24(12)11-20(21,22)23)16(25)10-27-19(26)18-9-14-6-4-3-5-7-17(14)28-18/h8-9H,3-7,10-11H2,1-2H3. The molecular weight excluding hydrogens is 391 g/mol. The average molecular weight is 413 g/mol. The molecule has 2 aromatic rings. The van der Waals surface area contributed by atoms with Crippen molar-refractivity contribution in [2.45, 2.75) is 58.7 Å². The van der Waals surface area contributed by atoms with Crippen molar-refractivity contribution >= 4 is 23.1 Å². The molecule has 4 nitrogen and oxygen atoms in total. The van der Waals surface area contributed by atoms with E-state index in [1.165, 1.54) is 48.1 Å². The maximum atomic E-state index is 12.7. The summed E-state index contributed by atoms with van der Waals surface area (Å²) in [5.74, 6) is -1.07. The molecule has 1 aliphatic rings. The van der Waals surface area contributed by atoms with Crippen LogP contribution in [0.15, 0.2) is 12.1 Å². The number of aryl methyl sites for hydroxylation is 3. The summed E-state index contributed by atoms with van der Waals surface area (Å²) in [6, 6.07) is 3.25. The van der Waals surface area contributed by atoms with Gasteiger partial charge < -0.3 is 9.30 Å². The number of thiophene rings is 1. The molecule has 0 aromatic carbocycles. The van der Waals surface area contributed by atoms with Gasteiger partial charge in [-0.15, -0.1) is 11.3 Å². The number of esters is 1. The predicted octanol–water partition coefficient (Wildman–Crippen LogP) is 5.04. The van der Waals surface area contributed by atoms with Crippen molar-refractivity contribution in [3.8, 4) is 0 Å². The molecule has 0 bridgehead atoms. The zero-order chi connectivity index (χ0) is 20.5. The van der Waals surface area contributed by atoms with Crippen LogP contribution in [0.2, 0.25) is 0 Å². The number of carbonyl (C=O) groups is 2. The molecule has 0 saturated carbocycles. The molecule has 2 heterocycles. The number of nitrogens with zero attached hydrogens (tertiary/aromatic N) is 1. The number of hydrogen-bond donors (Lipinski definition) is 0. The zero-order valence-corrected chi connectivity index (χ0v) is 16.6. The van der Waals surface area contributed by atoms with E-state index in [4.69, 9.17) is 4.74 Å². The van der Waals surface area contributed by atoms with Crippen LogP contribution >= 0.6 is 11.3 Å². The highest BCUT2D eigenvalue weighted by Gasteiger charge is 2.30. The summed E-state index contributed by atoms with van der Waals surface area (Å²) in [5, 5.41) is 0. The third-order valence-corrected chi connectivity index (χ3v) is 6.21. The van der Waals surface area contributed by atoms with Crippen LogP contribution in [-0.2, 0) is 24.1 Å². The second-order valence-corrected chi connectivity index (χ2v) is 8.24. The van der Waals surface area contributed by atoms with E-state index in [9.17, 15) is 22.8 Å². The lowest BCUT2D eigenvalue weighted by Crippen LogP contribution is -2.20. The Morgan fingerprint density at radius 1 is 1.14 bits per heavy atom. The number of aromatic nitrogens is 1. The highest BCUT2D eigenvalue weighted by atomic mass is 32.1. The van der Waals surface area contributed by atoms with Crippen molar-refractivity contribution in [1.82, 2.24) is 4.57 Å². The monoisotopic (exact) mass is 413 g/mol. The van der Waals surface area contributed by atoms with Gasteiger partial charge in [-0.1, -0.05) is 6.42 Å². The molecule has 0 atom stereocenters. The van der Waals surface area contributed by atoms with Gasteiger partial charge in [-0.3, -0.25) is 4.79 Å². The summed E-state index contributed by atoms with van der Waals surface area (Å²) in [7, 11) is 0. The summed E-state index contributed by atoms with van der Waals surface area (Å²) in [4.78, 5) is 26.4. The molecule has 0 aliphatic heterocycles. The summed E-state index contributed by atoms with van der Waals surface area (Å²) in [6.45, 7) is 1.33. The largest absolute Gasteiger partial charge is 0.453 e. The molecule has 0 fully saturated rings. The van der Waals surface area contributed by atoms with Crippen molar-refractivity contribution in [2.24, 2.45) is 0 Å². The number of alkyl halides is 3. The first-order valence-corrected chi connectivity index (χ1v) is 10.0. The van der Waals surface area contributed by atoms with Gasteiger partial charge in [0.25, 0.3) is 0 Å². The van der Waals surface area contributed by atoms with Gasteiger partial charge in [0, 0.05) is 21.8 Å². The number of carbonyl (C=O) groups excluding carboxylic acids is 2. The van der Waals surface area contributed by atoms with E-state index in [0.29, 0.717) is 10.6 Å². The molecular formula is C20H22F3NO3S. The SMILES string of the molecule is Cc1cc(C(=O)COC(=O)c2cc3c(s2)CCCCC3)c(C)n1CC(F)(F)F. The molecule has 152 valence electrons. The Balaban J connectivity index is 1.66. The second kappa shape index (κ2) is 8.11. The van der Waals surface area contributed by atoms with Crippen molar-refractivity contribution in [3.63, 3.8) is 0 Å². The number of halogens is 3. The van der Waals surface area contributed by atoms with Crippen LogP contribution in [0.5, 0.6) is 0 Å². The molecule has 0 amide bonds. The van der Waals surface area contributed by atoms with E-state index in [2.05, 4.69) is 0 Å². The molecule has 28 heavy (non-hydrogen) atoms. The van der Waals surface area contributed by atoms with Crippen LogP contribution in [0, 0.1) is 13.8 Å². The molecule has 1 aliphatic carbocycles. The van der Waals surface area contributed by atoms with Crippen molar-refractivity contribution < 1.29 is 27.5 Å². The van der Waals surface area contributed by atoms with E-state index in [-0.39, 0.29) is 11.3 Å². The molecule has 3 rings (SSSR count). The normalized spacial score (nSPS) is 14.5. The molecule has 2 aromatic heterocycles. The van der Waals surface area contributed by atoms with Gasteiger partial charge in [-0.05, 0) is 57.2 Å². The van der Waals surface area contributed by atoms with Gasteiger partial charge in [0.15, 0.2) is 6.61 Å². The molecule has 0 N–H and O–H groups in total. The molecule has 0 unspecified atom stereocenters. The van der Waals surface area contributed by atoms with Gasteiger partial charge in [0.1, 0.15) is 11.4 Å². The van der Waals surface area contributed by atoms with E-state index in [0.717, 1.165) is 30.3 Å². The third-order valence-electron chi connectivity index (χ3n) is 4.99. The van der Waals surface area contributed by atoms with Crippen molar-refractivity contribution in [1.29, 1.82) is 0 Å². The van der Waals surface area contributed by atoms with Crippen LogP contribution < -0.4 is 0 Å². The third kappa shape index (κ3) is 4.66. The maximum absolute atomic E-state index is 12.7. The Morgan fingerprint density at radius 2 is 1.86 bits per heavy atom. The Morgan fingerprint density at radius 3 is 2.57 bits per heavy atom. The number of rotatable bonds is 5. The first-order chi connectivity index (χ1) is 13.2. The summed E-state index contributed by atoms with van der Waals surface area (Å²) >= 11 is 1.41. The minimum absolute atomic E-state index is 0.150. The van der Waals surface area contributed by atoms with Crippen LogP contribution in [0.25, 0.3) is 0 Å². The Hall–Kier alpha value is -2.09. The van der Waals surface area contributed by atoms with Gasteiger partial charge in [0.2, 0.25) is 5.78 Å². The smallest absolute Gasteiger partial charge is 0.406 e. The van der Waals surface area contributed by atoms with Gasteiger partial charge in [-0.25, -0.2) is 4.79 Å². The van der Waals surface area contributed by atoms with Crippen molar-refractivity contribution in [3.05, 3.63) is 44.4 Å². The fourth-order valence-corrected chi connectivity index (χ4v) is 4.70. The average Bonchev–Trinajstić information content (AvgIpc) is 3.05.